The summed E-state index contributed by atoms with van der Waals surface area (Å²) < 4.78 is 26.0. The molecule has 0 radical (unpaired) electrons. The summed E-state index contributed by atoms with van der Waals surface area (Å²) >= 11 is 1.73. The summed E-state index contributed by atoms with van der Waals surface area (Å²) in [7, 11) is -3.82. The maximum absolute atomic E-state index is 12.0. The zero-order valence-electron chi connectivity index (χ0n) is 12.5. The van der Waals surface area contributed by atoms with Crippen LogP contribution in [0.4, 0.5) is 0 Å². The Morgan fingerprint density at radius 1 is 1.36 bits per heavy atom. The Labute approximate surface area is 134 Å². The largest absolute Gasteiger partial charge is 0.274 e. The molecule has 0 bridgehead atoms. The molecule has 0 aromatic carbocycles. The molecule has 0 aliphatic carbocycles. The lowest BCUT2D eigenvalue weighted by molar-refractivity contribution is -0.119. The predicted molar refractivity (Wildman–Crippen MR) is 86.3 cm³/mol. The number of nitrogens with one attached hydrogen (secondary N) is 1. The van der Waals surface area contributed by atoms with Gasteiger partial charge in [0.25, 0.3) is 10.0 Å². The molecule has 2 aromatic rings. The smallest absolute Gasteiger partial charge is 0.265 e. The van der Waals surface area contributed by atoms with Gasteiger partial charge in [-0.25, -0.2) is 13.1 Å². The van der Waals surface area contributed by atoms with Crippen molar-refractivity contribution in [3.8, 4) is 0 Å². The van der Waals surface area contributed by atoms with Crippen LogP contribution in [0.3, 0.4) is 0 Å². The van der Waals surface area contributed by atoms with E-state index >= 15 is 0 Å². The van der Waals surface area contributed by atoms with Crippen LogP contribution in [0.2, 0.25) is 0 Å². The Morgan fingerprint density at radius 2 is 2.14 bits per heavy atom. The van der Waals surface area contributed by atoms with Gasteiger partial charge in [0.2, 0.25) is 5.91 Å². The Kier molecular flexibility index (Phi) is 5.31. The van der Waals surface area contributed by atoms with Crippen molar-refractivity contribution < 1.29 is 13.2 Å². The van der Waals surface area contributed by atoms with E-state index in [1.807, 2.05) is 6.92 Å². The van der Waals surface area contributed by atoms with Crippen LogP contribution >= 0.6 is 11.3 Å². The van der Waals surface area contributed by atoms with Gasteiger partial charge in [0.15, 0.2) is 0 Å². The van der Waals surface area contributed by atoms with Gasteiger partial charge in [0.1, 0.15) is 4.90 Å². The van der Waals surface area contributed by atoms with E-state index in [0.29, 0.717) is 6.42 Å². The molecule has 0 saturated carbocycles. The van der Waals surface area contributed by atoms with E-state index in [9.17, 15) is 13.2 Å². The van der Waals surface area contributed by atoms with Crippen LogP contribution in [0.15, 0.2) is 35.5 Å². The standard InChI is InChI=1S/C15H18N2O3S2/c1-11-9-13(12(2)21-11)5-3-7-15(18)17-22(19,20)14-6-4-8-16-10-14/h4,6,8-10H,3,5,7H2,1-2H3,(H,17,18). The number of pyridine rings is 1. The number of amides is 1. The molecule has 1 amide bonds. The molecule has 0 fully saturated rings. The lowest BCUT2D eigenvalue weighted by atomic mass is 10.1. The van der Waals surface area contributed by atoms with Crippen molar-refractivity contribution in [1.82, 2.24) is 9.71 Å². The van der Waals surface area contributed by atoms with Gasteiger partial charge in [-0.15, -0.1) is 11.3 Å². The van der Waals surface area contributed by atoms with Gasteiger partial charge in [0.05, 0.1) is 0 Å². The fraction of sp³-hybridized carbons (Fsp3) is 0.333. The second kappa shape index (κ2) is 7.02. The third-order valence-electron chi connectivity index (χ3n) is 3.19. The Balaban J connectivity index is 1.87. The quantitative estimate of drug-likeness (QED) is 0.878. The number of aryl methyl sites for hydroxylation is 3. The molecule has 118 valence electrons. The van der Waals surface area contributed by atoms with E-state index < -0.39 is 15.9 Å². The number of hydrogen-bond donors (Lipinski definition) is 1. The molecule has 0 saturated heterocycles. The minimum Gasteiger partial charge on any atom is -0.274 e. The van der Waals surface area contributed by atoms with E-state index in [2.05, 4.69) is 22.7 Å². The van der Waals surface area contributed by atoms with E-state index in [-0.39, 0.29) is 11.3 Å². The molecule has 0 atom stereocenters. The molecule has 7 heteroatoms. The second-order valence-electron chi connectivity index (χ2n) is 5.01. The SMILES string of the molecule is Cc1cc(CCCC(=O)NS(=O)(=O)c2cccnc2)c(C)s1. The van der Waals surface area contributed by atoms with Gasteiger partial charge >= 0.3 is 0 Å². The molecule has 0 spiro atoms. The molecule has 22 heavy (non-hydrogen) atoms. The van der Waals surface area contributed by atoms with E-state index in [1.165, 1.54) is 39.8 Å². The first-order valence-corrected chi connectivity index (χ1v) is 9.20. The fourth-order valence-electron chi connectivity index (χ4n) is 2.14. The van der Waals surface area contributed by atoms with Gasteiger partial charge < -0.3 is 0 Å². The molecular formula is C15H18N2O3S2. The monoisotopic (exact) mass is 338 g/mol. The fourth-order valence-corrected chi connectivity index (χ4v) is 4.09. The minimum atomic E-state index is -3.82. The Morgan fingerprint density at radius 3 is 2.73 bits per heavy atom. The highest BCUT2D eigenvalue weighted by Crippen LogP contribution is 2.22. The summed E-state index contributed by atoms with van der Waals surface area (Å²) in [5.74, 6) is -0.492. The Hall–Kier alpha value is -1.73. The van der Waals surface area contributed by atoms with Crippen molar-refractivity contribution in [3.05, 3.63) is 45.9 Å². The number of carbonyl (C=O) groups is 1. The molecule has 0 unspecified atom stereocenters. The first-order chi connectivity index (χ1) is 10.4. The molecular weight excluding hydrogens is 320 g/mol. The van der Waals surface area contributed by atoms with Crippen molar-refractivity contribution in [2.45, 2.75) is 38.0 Å². The van der Waals surface area contributed by atoms with Crippen molar-refractivity contribution in [2.75, 3.05) is 0 Å². The van der Waals surface area contributed by atoms with Gasteiger partial charge in [-0.2, -0.15) is 0 Å². The highest BCUT2D eigenvalue weighted by molar-refractivity contribution is 7.90. The van der Waals surface area contributed by atoms with Crippen LogP contribution in [0.5, 0.6) is 0 Å². The highest BCUT2D eigenvalue weighted by Gasteiger charge is 2.17. The van der Waals surface area contributed by atoms with Crippen LogP contribution in [-0.2, 0) is 21.2 Å². The number of hydrogen-bond acceptors (Lipinski definition) is 5. The van der Waals surface area contributed by atoms with Crippen molar-refractivity contribution in [3.63, 3.8) is 0 Å². The minimum absolute atomic E-state index is 0.00680. The number of thiophene rings is 1. The normalized spacial score (nSPS) is 11.4. The van der Waals surface area contributed by atoms with Crippen LogP contribution in [0.25, 0.3) is 0 Å². The summed E-state index contributed by atoms with van der Waals surface area (Å²) in [5, 5.41) is 0. The molecule has 2 aromatic heterocycles. The van der Waals surface area contributed by atoms with Crippen molar-refractivity contribution in [2.24, 2.45) is 0 Å². The number of carbonyl (C=O) groups excluding carboxylic acids is 1. The average molecular weight is 338 g/mol. The molecule has 1 N–H and O–H groups in total. The van der Waals surface area contributed by atoms with Gasteiger partial charge in [-0.3, -0.25) is 9.78 Å². The molecule has 2 rings (SSSR count). The summed E-state index contributed by atoms with van der Waals surface area (Å²) in [6, 6.07) is 5.03. The first-order valence-electron chi connectivity index (χ1n) is 6.90. The van der Waals surface area contributed by atoms with Crippen LogP contribution < -0.4 is 4.72 Å². The summed E-state index contributed by atoms with van der Waals surface area (Å²) in [5.41, 5.74) is 1.23. The van der Waals surface area contributed by atoms with E-state index in [0.717, 1.165) is 6.42 Å². The molecule has 0 aliphatic heterocycles. The van der Waals surface area contributed by atoms with Gasteiger partial charge in [-0.05, 0) is 50.5 Å². The van der Waals surface area contributed by atoms with E-state index in [1.54, 1.807) is 11.3 Å². The summed E-state index contributed by atoms with van der Waals surface area (Å²) in [6.07, 6.45) is 4.26. The van der Waals surface area contributed by atoms with Crippen LogP contribution in [-0.4, -0.2) is 19.3 Å². The lowest BCUT2D eigenvalue weighted by Gasteiger charge is -2.06. The van der Waals surface area contributed by atoms with Crippen molar-refractivity contribution >= 4 is 27.3 Å². The topological polar surface area (TPSA) is 76.1 Å². The maximum atomic E-state index is 12.0. The first kappa shape index (κ1) is 16.6. The highest BCUT2D eigenvalue weighted by atomic mass is 32.2. The lowest BCUT2D eigenvalue weighted by Crippen LogP contribution is -2.30. The Bertz CT molecular complexity index is 752. The molecule has 5 nitrogen and oxygen atoms in total. The average Bonchev–Trinajstić information content (AvgIpc) is 2.77. The number of rotatable bonds is 6. The number of sulfonamides is 1. The maximum Gasteiger partial charge on any atom is 0.265 e. The summed E-state index contributed by atoms with van der Waals surface area (Å²) in [6.45, 7) is 4.11. The third kappa shape index (κ3) is 4.38. The van der Waals surface area contributed by atoms with Crippen LogP contribution in [0.1, 0.15) is 28.2 Å². The van der Waals surface area contributed by atoms with E-state index in [4.69, 9.17) is 0 Å². The number of aromatic nitrogens is 1. The second-order valence-corrected chi connectivity index (χ2v) is 8.15. The van der Waals surface area contributed by atoms with Gasteiger partial charge in [0, 0.05) is 28.6 Å². The van der Waals surface area contributed by atoms with Crippen molar-refractivity contribution in [1.29, 1.82) is 0 Å². The summed E-state index contributed by atoms with van der Waals surface area (Å²) in [4.78, 5) is 18.0. The van der Waals surface area contributed by atoms with Gasteiger partial charge in [-0.1, -0.05) is 0 Å². The number of nitrogens with zero attached hydrogens (tertiary/aromatic N) is 1. The third-order valence-corrected chi connectivity index (χ3v) is 5.55. The molecule has 2 heterocycles. The zero-order chi connectivity index (χ0) is 16.2. The molecule has 0 aliphatic rings. The zero-order valence-corrected chi connectivity index (χ0v) is 14.1. The van der Waals surface area contributed by atoms with Crippen LogP contribution in [0, 0.1) is 13.8 Å². The predicted octanol–water partition coefficient (Wildman–Crippen LogP) is 2.59.